The Balaban J connectivity index is 1.49. The van der Waals surface area contributed by atoms with Gasteiger partial charge in [0.1, 0.15) is 0 Å². The van der Waals surface area contributed by atoms with Gasteiger partial charge in [-0.15, -0.1) is 0 Å². The maximum Gasteiger partial charge on any atom is 0.0599 e. The van der Waals surface area contributed by atoms with E-state index < -0.39 is 0 Å². The first-order chi connectivity index (χ1) is 9.57. The van der Waals surface area contributed by atoms with Crippen LogP contribution in [0.4, 0.5) is 0 Å². The van der Waals surface area contributed by atoms with Gasteiger partial charge in [-0.3, -0.25) is 0 Å². The van der Waals surface area contributed by atoms with E-state index in [4.69, 9.17) is 0 Å². The molecule has 5 rings (SSSR count). The third-order valence-corrected chi connectivity index (χ3v) is 7.39. The van der Waals surface area contributed by atoms with Gasteiger partial charge < -0.3 is 5.11 Å². The Kier molecular flexibility index (Phi) is 3.22. The van der Waals surface area contributed by atoms with Crippen molar-refractivity contribution >= 4 is 0 Å². The van der Waals surface area contributed by atoms with Gasteiger partial charge >= 0.3 is 0 Å². The minimum Gasteiger partial charge on any atom is -0.393 e. The lowest BCUT2D eigenvalue weighted by Crippen LogP contribution is -2.55. The molecule has 0 radical (unpaired) electrons. The molecular formula is C19H32O. The van der Waals surface area contributed by atoms with Crippen LogP contribution in [0.25, 0.3) is 0 Å². The summed E-state index contributed by atoms with van der Waals surface area (Å²) >= 11 is 0. The van der Waals surface area contributed by atoms with E-state index in [1.54, 1.807) is 0 Å². The number of aliphatic hydroxyl groups excluding tert-OH is 1. The monoisotopic (exact) mass is 276 g/mol. The Labute approximate surface area is 124 Å². The molecule has 1 heteroatoms. The average Bonchev–Trinajstić information content (AvgIpc) is 2.37. The third-order valence-electron chi connectivity index (χ3n) is 7.39. The van der Waals surface area contributed by atoms with Crippen LogP contribution in [-0.2, 0) is 0 Å². The van der Waals surface area contributed by atoms with Crippen LogP contribution in [0.1, 0.15) is 84.0 Å². The first-order valence-electron chi connectivity index (χ1n) is 9.25. The largest absolute Gasteiger partial charge is 0.393 e. The molecule has 1 nitrogen and oxygen atoms in total. The highest BCUT2D eigenvalue weighted by molar-refractivity contribution is 5.08. The fourth-order valence-electron chi connectivity index (χ4n) is 7.18. The molecule has 5 saturated carbocycles. The van der Waals surface area contributed by atoms with Gasteiger partial charge in [-0.2, -0.15) is 0 Å². The van der Waals surface area contributed by atoms with Gasteiger partial charge in [-0.05, 0) is 73.5 Å². The zero-order valence-corrected chi connectivity index (χ0v) is 13.2. The van der Waals surface area contributed by atoms with E-state index >= 15 is 0 Å². The summed E-state index contributed by atoms with van der Waals surface area (Å²) in [4.78, 5) is 0. The predicted octanol–water partition coefficient (Wildman–Crippen LogP) is 4.92. The van der Waals surface area contributed by atoms with Crippen LogP contribution in [0.2, 0.25) is 0 Å². The molecule has 0 aromatic carbocycles. The Morgan fingerprint density at radius 3 is 2.25 bits per heavy atom. The molecular weight excluding hydrogens is 244 g/mol. The molecule has 3 unspecified atom stereocenters. The number of rotatable bonds is 3. The topological polar surface area (TPSA) is 20.2 Å². The Hall–Kier alpha value is -0.0400. The maximum atomic E-state index is 11.1. The van der Waals surface area contributed by atoms with Crippen LogP contribution in [0.3, 0.4) is 0 Å². The van der Waals surface area contributed by atoms with Crippen molar-refractivity contribution in [3.05, 3.63) is 0 Å². The minimum atomic E-state index is 0.0100. The van der Waals surface area contributed by atoms with Crippen LogP contribution < -0.4 is 0 Å². The van der Waals surface area contributed by atoms with Crippen LogP contribution in [0.5, 0.6) is 0 Å². The first kappa shape index (κ1) is 13.6. The van der Waals surface area contributed by atoms with Crippen molar-refractivity contribution < 1.29 is 5.11 Å². The zero-order chi connectivity index (χ0) is 13.8. The van der Waals surface area contributed by atoms with E-state index in [1.807, 2.05) is 0 Å². The molecule has 5 aliphatic carbocycles. The van der Waals surface area contributed by atoms with E-state index in [0.717, 1.165) is 24.2 Å². The van der Waals surface area contributed by atoms with E-state index in [9.17, 15) is 5.11 Å². The highest BCUT2D eigenvalue weighted by Gasteiger charge is 2.58. The summed E-state index contributed by atoms with van der Waals surface area (Å²) in [5, 5.41) is 11.1. The SMILES string of the molecule is CC12CC3CC(C1)CC(C(O)CC1CCCCC1)(C3)C2. The van der Waals surface area contributed by atoms with Gasteiger partial charge in [0, 0.05) is 0 Å². The van der Waals surface area contributed by atoms with Crippen molar-refractivity contribution in [2.24, 2.45) is 28.6 Å². The zero-order valence-electron chi connectivity index (χ0n) is 13.2. The van der Waals surface area contributed by atoms with Gasteiger partial charge in [0.05, 0.1) is 6.10 Å². The summed E-state index contributed by atoms with van der Waals surface area (Å²) < 4.78 is 0. The van der Waals surface area contributed by atoms with Crippen molar-refractivity contribution in [2.75, 3.05) is 0 Å². The Morgan fingerprint density at radius 1 is 1.00 bits per heavy atom. The van der Waals surface area contributed by atoms with E-state index in [1.165, 1.54) is 70.6 Å². The standard InChI is InChI=1S/C19H32O/c1-18-9-15-7-16(10-18)12-19(11-15,13-18)17(20)8-14-5-3-2-4-6-14/h14-17,20H,2-13H2,1H3. The molecule has 0 aliphatic heterocycles. The molecule has 0 saturated heterocycles. The molecule has 5 fully saturated rings. The second-order valence-corrected chi connectivity index (χ2v) is 9.39. The van der Waals surface area contributed by atoms with E-state index in [-0.39, 0.29) is 6.10 Å². The molecule has 20 heavy (non-hydrogen) atoms. The number of hydrogen-bond acceptors (Lipinski definition) is 1. The molecule has 5 aliphatic rings. The first-order valence-corrected chi connectivity index (χ1v) is 9.25. The summed E-state index contributed by atoms with van der Waals surface area (Å²) in [6, 6.07) is 0. The van der Waals surface area contributed by atoms with E-state index in [2.05, 4.69) is 6.92 Å². The third kappa shape index (κ3) is 2.25. The van der Waals surface area contributed by atoms with Crippen molar-refractivity contribution in [2.45, 2.75) is 90.1 Å². The van der Waals surface area contributed by atoms with Crippen molar-refractivity contribution in [3.63, 3.8) is 0 Å². The highest BCUT2D eigenvalue weighted by atomic mass is 16.3. The summed E-state index contributed by atoms with van der Waals surface area (Å²) in [5.41, 5.74) is 0.911. The van der Waals surface area contributed by atoms with Crippen molar-refractivity contribution in [1.29, 1.82) is 0 Å². The lowest BCUT2D eigenvalue weighted by molar-refractivity contribution is -0.158. The summed E-state index contributed by atoms with van der Waals surface area (Å²) in [6.45, 7) is 2.52. The van der Waals surface area contributed by atoms with Gasteiger partial charge in [-0.1, -0.05) is 39.0 Å². The fraction of sp³-hybridized carbons (Fsp3) is 1.00. The van der Waals surface area contributed by atoms with Gasteiger partial charge in [0.15, 0.2) is 0 Å². The van der Waals surface area contributed by atoms with Crippen LogP contribution >= 0.6 is 0 Å². The molecule has 0 amide bonds. The lowest BCUT2D eigenvalue weighted by atomic mass is 9.43. The quantitative estimate of drug-likeness (QED) is 0.775. The molecule has 114 valence electrons. The average molecular weight is 276 g/mol. The summed E-state index contributed by atoms with van der Waals surface area (Å²) in [7, 11) is 0. The molecule has 4 bridgehead atoms. The Bertz CT molecular complexity index is 354. The minimum absolute atomic E-state index is 0.0100. The molecule has 0 aromatic heterocycles. The number of hydrogen-bond donors (Lipinski definition) is 1. The molecule has 0 spiro atoms. The molecule has 0 heterocycles. The van der Waals surface area contributed by atoms with Crippen LogP contribution in [0, 0.1) is 28.6 Å². The van der Waals surface area contributed by atoms with Gasteiger partial charge in [-0.25, -0.2) is 0 Å². The lowest BCUT2D eigenvalue weighted by Gasteiger charge is -2.63. The maximum absolute atomic E-state index is 11.1. The normalized spacial score (nSPS) is 49.5. The molecule has 0 aromatic rings. The Morgan fingerprint density at radius 2 is 1.65 bits per heavy atom. The van der Waals surface area contributed by atoms with Crippen LogP contribution in [-0.4, -0.2) is 11.2 Å². The summed E-state index contributed by atoms with van der Waals surface area (Å²) in [5.74, 6) is 2.73. The smallest absolute Gasteiger partial charge is 0.0599 e. The van der Waals surface area contributed by atoms with E-state index in [0.29, 0.717) is 10.8 Å². The predicted molar refractivity (Wildman–Crippen MR) is 82.4 cm³/mol. The number of aliphatic hydroxyl groups is 1. The second kappa shape index (κ2) is 4.73. The van der Waals surface area contributed by atoms with Gasteiger partial charge in [0.2, 0.25) is 0 Å². The van der Waals surface area contributed by atoms with Crippen LogP contribution in [0.15, 0.2) is 0 Å². The van der Waals surface area contributed by atoms with Gasteiger partial charge in [0.25, 0.3) is 0 Å². The second-order valence-electron chi connectivity index (χ2n) is 9.39. The highest BCUT2D eigenvalue weighted by Crippen LogP contribution is 2.66. The van der Waals surface area contributed by atoms with Crippen molar-refractivity contribution in [3.8, 4) is 0 Å². The van der Waals surface area contributed by atoms with Crippen molar-refractivity contribution in [1.82, 2.24) is 0 Å². The molecule has 1 N–H and O–H groups in total. The fourth-order valence-corrected chi connectivity index (χ4v) is 7.18. The summed E-state index contributed by atoms with van der Waals surface area (Å²) in [6.07, 6.45) is 16.6. The molecule has 3 atom stereocenters.